The van der Waals surface area contributed by atoms with Crippen molar-refractivity contribution in [2.24, 2.45) is 0 Å². The minimum absolute atomic E-state index is 0.0903. The summed E-state index contributed by atoms with van der Waals surface area (Å²) >= 11 is 0. The molecule has 34 heavy (non-hydrogen) atoms. The summed E-state index contributed by atoms with van der Waals surface area (Å²) in [6.45, 7) is 12.3. The highest BCUT2D eigenvalue weighted by Gasteiger charge is 2.43. The van der Waals surface area contributed by atoms with Gasteiger partial charge in [-0.3, -0.25) is 9.13 Å². The first-order valence-corrected chi connectivity index (χ1v) is 12.7. The molecule has 0 bridgehead atoms. The Kier molecular flexibility index (Phi) is 6.14. The van der Waals surface area contributed by atoms with Crippen LogP contribution in [0, 0.1) is 6.04 Å². The van der Waals surface area contributed by atoms with Gasteiger partial charge >= 0.3 is 0 Å². The summed E-state index contributed by atoms with van der Waals surface area (Å²) in [5.41, 5.74) is 5.52. The highest BCUT2D eigenvalue weighted by Crippen LogP contribution is 2.53. The normalized spacial score (nSPS) is 21.8. The SMILES string of the molecule is C=[N+]1C(C)=CC(C=CC=C2N(c3ccccc3)c3ccc(S(=O)(=O)O)cc3C2(C)CC)=C[C-]1C. The minimum atomic E-state index is -4.31. The van der Waals surface area contributed by atoms with Crippen LogP contribution in [0.25, 0.3) is 0 Å². The van der Waals surface area contributed by atoms with Crippen LogP contribution in [0.1, 0.15) is 39.7 Å². The number of fused-ring (bicyclic) bond motifs is 1. The Morgan fingerprint density at radius 3 is 2.53 bits per heavy atom. The molecule has 6 heteroatoms. The van der Waals surface area contributed by atoms with Gasteiger partial charge in [-0.25, -0.2) is 0 Å². The topological polar surface area (TPSA) is 60.6 Å². The predicted molar refractivity (Wildman–Crippen MR) is 138 cm³/mol. The predicted octanol–water partition coefficient (Wildman–Crippen LogP) is 6.30. The van der Waals surface area contributed by atoms with Gasteiger partial charge in [0.1, 0.15) is 0 Å². The van der Waals surface area contributed by atoms with Gasteiger partial charge in [-0.1, -0.05) is 55.0 Å². The van der Waals surface area contributed by atoms with Crippen LogP contribution >= 0.6 is 0 Å². The van der Waals surface area contributed by atoms with Crippen molar-refractivity contribution in [2.75, 3.05) is 4.90 Å². The lowest BCUT2D eigenvalue weighted by molar-refractivity contribution is -0.444. The van der Waals surface area contributed by atoms with Crippen LogP contribution in [0.4, 0.5) is 11.4 Å². The fourth-order valence-electron chi connectivity index (χ4n) is 4.62. The Labute approximate surface area is 202 Å². The van der Waals surface area contributed by atoms with Crippen molar-refractivity contribution in [1.82, 2.24) is 0 Å². The lowest BCUT2D eigenvalue weighted by atomic mass is 9.79. The Morgan fingerprint density at radius 1 is 1.21 bits per heavy atom. The molecule has 0 amide bonds. The molecule has 2 aliphatic rings. The van der Waals surface area contributed by atoms with Gasteiger partial charge in [0.2, 0.25) is 0 Å². The van der Waals surface area contributed by atoms with Crippen molar-refractivity contribution in [1.29, 1.82) is 0 Å². The lowest BCUT2D eigenvalue weighted by Crippen LogP contribution is -2.25. The number of benzene rings is 2. The molecule has 0 aromatic heterocycles. The molecule has 2 aliphatic heterocycles. The summed E-state index contributed by atoms with van der Waals surface area (Å²) in [4.78, 5) is 2.08. The average molecular weight is 475 g/mol. The molecule has 1 N–H and O–H groups in total. The van der Waals surface area contributed by atoms with Crippen LogP contribution in [0.15, 0.2) is 101 Å². The maximum Gasteiger partial charge on any atom is 0.294 e. The number of anilines is 2. The quantitative estimate of drug-likeness (QED) is 0.314. The molecular formula is C28H30N2O3S. The molecule has 5 nitrogen and oxygen atoms in total. The average Bonchev–Trinajstić information content (AvgIpc) is 3.05. The first-order chi connectivity index (χ1) is 16.1. The third-order valence-electron chi connectivity index (χ3n) is 6.77. The second-order valence-corrected chi connectivity index (χ2v) is 10.3. The van der Waals surface area contributed by atoms with Crippen LogP contribution in [0.5, 0.6) is 0 Å². The van der Waals surface area contributed by atoms with Gasteiger partial charge in [0.25, 0.3) is 10.1 Å². The van der Waals surface area contributed by atoms with Crippen LogP contribution in [-0.4, -0.2) is 24.3 Å². The lowest BCUT2D eigenvalue weighted by Gasteiger charge is -2.29. The number of nitrogens with zero attached hydrogens (tertiary/aromatic N) is 2. The molecule has 0 fully saturated rings. The Hall–Kier alpha value is -3.35. The van der Waals surface area contributed by atoms with Gasteiger partial charge in [-0.05, 0) is 69.2 Å². The number of rotatable bonds is 5. The first kappa shape index (κ1) is 23.8. The van der Waals surface area contributed by atoms with Crippen molar-refractivity contribution in [3.05, 3.63) is 107 Å². The highest BCUT2D eigenvalue weighted by atomic mass is 32.2. The summed E-state index contributed by atoms with van der Waals surface area (Å²) in [5, 5.41) is 0. The maximum atomic E-state index is 11.9. The third kappa shape index (κ3) is 4.15. The van der Waals surface area contributed by atoms with Gasteiger partial charge in [-0.2, -0.15) is 8.42 Å². The van der Waals surface area contributed by atoms with Crippen molar-refractivity contribution in [2.45, 2.75) is 44.4 Å². The monoisotopic (exact) mass is 474 g/mol. The molecule has 0 spiro atoms. The standard InChI is InChI=1S/C28H30N2O3S/c1-6-28(4)25-19-24(34(31,32)33)15-16-26(25)30(23-12-8-7-9-13-23)27(28)14-10-11-22-17-20(2)29(5)21(3)18-22/h7-19H,5-6H2,1-4H3,(H,31,32,33). The second kappa shape index (κ2) is 8.78. The van der Waals surface area contributed by atoms with E-state index in [0.717, 1.165) is 46.4 Å². The number of hydrogen-bond acceptors (Lipinski definition) is 3. The molecule has 0 saturated carbocycles. The van der Waals surface area contributed by atoms with Crippen LogP contribution in [-0.2, 0) is 15.5 Å². The van der Waals surface area contributed by atoms with Gasteiger partial charge < -0.3 is 4.90 Å². The van der Waals surface area contributed by atoms with E-state index in [9.17, 15) is 13.0 Å². The zero-order valence-electron chi connectivity index (χ0n) is 20.0. The fourth-order valence-corrected chi connectivity index (χ4v) is 5.12. The van der Waals surface area contributed by atoms with E-state index in [2.05, 4.69) is 49.8 Å². The van der Waals surface area contributed by atoms with Crippen molar-refractivity contribution in [3.63, 3.8) is 0 Å². The van der Waals surface area contributed by atoms with Crippen LogP contribution in [0.3, 0.4) is 0 Å². The fraction of sp³-hybridized carbons (Fsp3) is 0.214. The van der Waals surface area contributed by atoms with E-state index in [1.54, 1.807) is 12.1 Å². The van der Waals surface area contributed by atoms with Crippen LogP contribution in [0.2, 0.25) is 0 Å². The van der Waals surface area contributed by atoms with Crippen LogP contribution < -0.4 is 4.90 Å². The van der Waals surface area contributed by atoms with Crippen molar-refractivity contribution < 1.29 is 17.5 Å². The molecule has 176 valence electrons. The smallest absolute Gasteiger partial charge is 0.294 e. The zero-order chi connectivity index (χ0) is 24.7. The van der Waals surface area contributed by atoms with Crippen molar-refractivity contribution >= 4 is 28.2 Å². The van der Waals surface area contributed by atoms with Gasteiger partial charge in [0, 0.05) is 16.8 Å². The van der Waals surface area contributed by atoms with Gasteiger partial charge in [0.05, 0.1) is 29.0 Å². The molecule has 1 unspecified atom stereocenters. The summed E-state index contributed by atoms with van der Waals surface area (Å²) in [6, 6.07) is 15.9. The minimum Gasteiger partial charge on any atom is -0.313 e. The summed E-state index contributed by atoms with van der Waals surface area (Å²) < 4.78 is 35.3. The van der Waals surface area contributed by atoms with E-state index in [1.807, 2.05) is 54.8 Å². The largest absolute Gasteiger partial charge is 0.313 e. The van der Waals surface area contributed by atoms with Crippen molar-refractivity contribution in [3.8, 4) is 0 Å². The Bertz CT molecular complexity index is 1370. The molecule has 0 radical (unpaired) electrons. The highest BCUT2D eigenvalue weighted by molar-refractivity contribution is 7.85. The number of para-hydroxylation sites is 1. The summed E-state index contributed by atoms with van der Waals surface area (Å²) in [6.07, 6.45) is 11.1. The molecule has 0 saturated heterocycles. The zero-order valence-corrected chi connectivity index (χ0v) is 20.8. The Morgan fingerprint density at radius 2 is 1.91 bits per heavy atom. The molecule has 2 aromatic carbocycles. The Balaban J connectivity index is 1.85. The molecule has 2 aromatic rings. The number of allylic oxidation sites excluding steroid dienone is 7. The van der Waals surface area contributed by atoms with E-state index < -0.39 is 15.5 Å². The van der Waals surface area contributed by atoms with Gasteiger partial charge in [0.15, 0.2) is 0 Å². The van der Waals surface area contributed by atoms with E-state index in [-0.39, 0.29) is 4.90 Å². The molecule has 1 atom stereocenters. The third-order valence-corrected chi connectivity index (χ3v) is 7.62. The first-order valence-electron chi connectivity index (χ1n) is 11.3. The summed E-state index contributed by atoms with van der Waals surface area (Å²) in [7, 11) is -4.31. The molecule has 0 aliphatic carbocycles. The van der Waals surface area contributed by atoms with Gasteiger partial charge in [-0.15, -0.1) is 0 Å². The van der Waals surface area contributed by atoms with E-state index >= 15 is 0 Å². The van der Waals surface area contributed by atoms with E-state index in [4.69, 9.17) is 0 Å². The second-order valence-electron chi connectivity index (χ2n) is 8.92. The molecular weight excluding hydrogens is 444 g/mol. The molecule has 2 heterocycles. The number of hydrogen-bond donors (Lipinski definition) is 1. The van der Waals surface area contributed by atoms with E-state index in [0.29, 0.717) is 0 Å². The molecule has 4 rings (SSSR count). The van der Waals surface area contributed by atoms with E-state index in [1.165, 1.54) is 6.07 Å². The summed E-state index contributed by atoms with van der Waals surface area (Å²) in [5.74, 6) is 0. The maximum absolute atomic E-state index is 11.9.